The smallest absolute Gasteiger partial charge is 0.305 e. The highest BCUT2D eigenvalue weighted by molar-refractivity contribution is 8.00. The van der Waals surface area contributed by atoms with E-state index < -0.39 is 16.8 Å². The van der Waals surface area contributed by atoms with E-state index in [2.05, 4.69) is 4.98 Å². The molecule has 1 saturated heterocycles. The lowest BCUT2D eigenvalue weighted by Crippen LogP contribution is -2.42. The zero-order chi connectivity index (χ0) is 30.3. The molecule has 3 heterocycles. The number of benzene rings is 3. The molecule has 2 saturated carbocycles. The number of nitrogens with one attached hydrogen (secondary N) is 1. The van der Waals surface area contributed by atoms with Gasteiger partial charge in [0.2, 0.25) is 11.8 Å². The quantitative estimate of drug-likeness (QED) is 0.149. The van der Waals surface area contributed by atoms with Crippen molar-refractivity contribution in [2.45, 2.75) is 29.2 Å². The van der Waals surface area contributed by atoms with Gasteiger partial charge in [-0.2, -0.15) is 0 Å². The summed E-state index contributed by atoms with van der Waals surface area (Å²) in [5.41, 5.74) is 2.27. The lowest BCUT2D eigenvalue weighted by molar-refractivity contribution is -0.384. The number of carbonyl (C=O) groups is 2. The minimum atomic E-state index is -0.505. The Labute approximate surface area is 264 Å². The number of amides is 2. The Hall–Kier alpha value is -3.93. The second kappa shape index (κ2) is 10.3. The number of nitro groups is 1. The lowest BCUT2D eigenvalue weighted by atomic mass is 9.68. The molecule has 9 nitrogen and oxygen atoms in total. The summed E-state index contributed by atoms with van der Waals surface area (Å²) >= 11 is 8.96. The van der Waals surface area contributed by atoms with Crippen LogP contribution in [-0.4, -0.2) is 27.0 Å². The number of aromatic nitrogens is 1. The Balaban J connectivity index is 1.10. The standard InChI is InChI=1S/C32H24ClN3O6S2/c33-17-3-1-2-15(12-17)14-42-20-10-4-16(5-11-20)23-24-21-13-22(27(24)43-29-28(23)44-32(39)34-29)26-25(21)30(37)35(31(26)38)18-6-8-19(9-7-18)36(40)41/h1-12,21-27H,13-14H2,(H,34,39)/t21-,22-,23?,24?,25?,26?,27?/m1/s1. The van der Waals surface area contributed by atoms with Crippen molar-refractivity contribution in [3.8, 4) is 5.75 Å². The molecule has 7 atom stereocenters. The van der Waals surface area contributed by atoms with Crippen molar-refractivity contribution in [1.29, 1.82) is 0 Å². The molecule has 1 N–H and O–H groups in total. The van der Waals surface area contributed by atoms with Crippen molar-refractivity contribution in [1.82, 2.24) is 4.98 Å². The Morgan fingerprint density at radius 2 is 1.70 bits per heavy atom. The van der Waals surface area contributed by atoms with Crippen molar-refractivity contribution >= 4 is 57.9 Å². The number of hydrogen-bond acceptors (Lipinski definition) is 8. The van der Waals surface area contributed by atoms with Gasteiger partial charge in [-0.1, -0.05) is 47.2 Å². The number of H-pyrrole nitrogens is 1. The Morgan fingerprint density at radius 1 is 0.977 bits per heavy atom. The van der Waals surface area contributed by atoms with Crippen LogP contribution in [0.3, 0.4) is 0 Å². The van der Waals surface area contributed by atoms with E-state index in [1.807, 2.05) is 48.5 Å². The number of fused-ring (bicyclic) bond motifs is 9. The molecule has 5 unspecified atom stereocenters. The van der Waals surface area contributed by atoms with Crippen LogP contribution in [-0.2, 0) is 16.2 Å². The summed E-state index contributed by atoms with van der Waals surface area (Å²) in [6.07, 6.45) is 0.778. The van der Waals surface area contributed by atoms with Crippen molar-refractivity contribution in [2.75, 3.05) is 4.90 Å². The van der Waals surface area contributed by atoms with Crippen LogP contribution in [0.15, 0.2) is 82.6 Å². The predicted octanol–water partition coefficient (Wildman–Crippen LogP) is 6.25. The second-order valence-electron chi connectivity index (χ2n) is 11.7. The van der Waals surface area contributed by atoms with Gasteiger partial charge < -0.3 is 9.72 Å². The summed E-state index contributed by atoms with van der Waals surface area (Å²) < 4.78 is 6.01. The summed E-state index contributed by atoms with van der Waals surface area (Å²) in [6.45, 7) is 0.377. The number of halogens is 1. The van der Waals surface area contributed by atoms with Crippen LogP contribution in [0.4, 0.5) is 11.4 Å². The number of nitro benzene ring substituents is 1. The average Bonchev–Trinajstić information content (AvgIpc) is 3.75. The molecule has 12 heteroatoms. The molecule has 3 aromatic carbocycles. The first-order chi connectivity index (χ1) is 21.3. The monoisotopic (exact) mass is 645 g/mol. The summed E-state index contributed by atoms with van der Waals surface area (Å²) in [4.78, 5) is 56.0. The van der Waals surface area contributed by atoms with E-state index in [0.717, 1.165) is 27.5 Å². The highest BCUT2D eigenvalue weighted by Gasteiger charge is 2.69. The third-order valence-corrected chi connectivity index (χ3v) is 12.4. The number of rotatable bonds is 6. The fourth-order valence-corrected chi connectivity index (χ4v) is 11.0. The minimum absolute atomic E-state index is 0.0150. The number of anilines is 1. The van der Waals surface area contributed by atoms with Gasteiger partial charge >= 0.3 is 4.87 Å². The van der Waals surface area contributed by atoms with Crippen molar-refractivity contribution in [3.05, 3.63) is 114 Å². The van der Waals surface area contributed by atoms with Gasteiger partial charge in [-0.3, -0.25) is 29.4 Å². The van der Waals surface area contributed by atoms with Crippen LogP contribution in [0.5, 0.6) is 5.75 Å². The van der Waals surface area contributed by atoms with Gasteiger partial charge in [0.1, 0.15) is 12.4 Å². The molecule has 44 heavy (non-hydrogen) atoms. The van der Waals surface area contributed by atoms with E-state index in [1.165, 1.54) is 40.5 Å². The third-order valence-electron chi connectivity index (χ3n) is 9.58. The predicted molar refractivity (Wildman–Crippen MR) is 166 cm³/mol. The number of nitrogens with zero attached hydrogens (tertiary/aromatic N) is 2. The molecule has 2 aliphatic carbocycles. The van der Waals surface area contributed by atoms with E-state index in [4.69, 9.17) is 16.3 Å². The molecule has 2 amide bonds. The number of carbonyl (C=O) groups excluding carboxylic acids is 2. The minimum Gasteiger partial charge on any atom is -0.489 e. The number of thioether (sulfide) groups is 1. The van der Waals surface area contributed by atoms with E-state index in [1.54, 1.807) is 11.8 Å². The normalized spacial score (nSPS) is 28.1. The molecule has 4 aliphatic rings. The van der Waals surface area contributed by atoms with Gasteiger partial charge in [-0.15, -0.1) is 11.8 Å². The van der Waals surface area contributed by atoms with Gasteiger partial charge in [0.25, 0.3) is 5.69 Å². The molecule has 3 fully saturated rings. The van der Waals surface area contributed by atoms with Crippen LogP contribution in [0.25, 0.3) is 0 Å². The molecule has 4 aromatic rings. The summed E-state index contributed by atoms with van der Waals surface area (Å²) in [5.74, 6) is -0.734. The maximum absolute atomic E-state index is 13.9. The van der Waals surface area contributed by atoms with Crippen LogP contribution < -0.4 is 14.5 Å². The Bertz CT molecular complexity index is 1890. The van der Waals surface area contributed by atoms with Crippen LogP contribution in [0, 0.1) is 39.7 Å². The molecule has 2 aliphatic heterocycles. The zero-order valence-corrected chi connectivity index (χ0v) is 25.3. The topological polar surface area (TPSA) is 123 Å². The highest BCUT2D eigenvalue weighted by atomic mass is 35.5. The van der Waals surface area contributed by atoms with Crippen LogP contribution in [0.2, 0.25) is 5.02 Å². The summed E-state index contributed by atoms with van der Waals surface area (Å²) in [6, 6.07) is 21.0. The highest BCUT2D eigenvalue weighted by Crippen LogP contribution is 2.68. The molecule has 0 spiro atoms. The fourth-order valence-electron chi connectivity index (χ4n) is 7.93. The maximum Gasteiger partial charge on any atom is 0.305 e. The van der Waals surface area contributed by atoms with Crippen molar-refractivity contribution < 1.29 is 19.2 Å². The second-order valence-corrected chi connectivity index (χ2v) is 14.4. The summed E-state index contributed by atoms with van der Waals surface area (Å²) in [7, 11) is 0. The van der Waals surface area contributed by atoms with Gasteiger partial charge in [-0.25, -0.2) is 0 Å². The first-order valence-corrected chi connectivity index (χ1v) is 16.3. The molecular weight excluding hydrogens is 622 g/mol. The number of ether oxygens (including phenoxy) is 1. The fraction of sp³-hybridized carbons (Fsp3) is 0.281. The average molecular weight is 646 g/mol. The van der Waals surface area contributed by atoms with Crippen LogP contribution >= 0.6 is 34.7 Å². The SMILES string of the molecule is O=C1C2C(C(=O)N1c1ccc([N+](=O)[O-])cc1)[C@@H]1C[C@H]2C2Sc3[nH]c(=O)sc3C(c3ccc(OCc4cccc(Cl)c4)cc3)C21. The van der Waals surface area contributed by atoms with Crippen molar-refractivity contribution in [3.63, 3.8) is 0 Å². The number of non-ortho nitro benzene ring substituents is 1. The molecule has 8 rings (SSSR count). The van der Waals surface area contributed by atoms with Gasteiger partial charge in [0, 0.05) is 33.2 Å². The molecule has 0 radical (unpaired) electrons. The lowest BCUT2D eigenvalue weighted by Gasteiger charge is -2.43. The van der Waals surface area contributed by atoms with E-state index in [9.17, 15) is 24.5 Å². The maximum atomic E-state index is 13.9. The Kier molecular flexibility index (Phi) is 6.48. The molecule has 1 aromatic heterocycles. The number of aromatic amines is 1. The first kappa shape index (κ1) is 27.6. The number of thiazole rings is 1. The van der Waals surface area contributed by atoms with Gasteiger partial charge in [-0.05, 0) is 71.7 Å². The third kappa shape index (κ3) is 4.24. The molecular formula is C32H24ClN3O6S2. The largest absolute Gasteiger partial charge is 0.489 e. The molecule has 222 valence electrons. The molecule has 2 bridgehead atoms. The number of hydrogen-bond donors (Lipinski definition) is 1. The Morgan fingerprint density at radius 3 is 2.41 bits per heavy atom. The zero-order valence-electron chi connectivity index (χ0n) is 22.9. The first-order valence-electron chi connectivity index (χ1n) is 14.3. The number of imide groups is 1. The van der Waals surface area contributed by atoms with E-state index >= 15 is 0 Å². The van der Waals surface area contributed by atoms with Gasteiger partial charge in [0.05, 0.1) is 27.5 Å². The summed E-state index contributed by atoms with van der Waals surface area (Å²) in [5, 5.41) is 12.7. The van der Waals surface area contributed by atoms with Gasteiger partial charge in [0.15, 0.2) is 0 Å². The van der Waals surface area contributed by atoms with Crippen LogP contribution in [0.1, 0.15) is 28.3 Å². The van der Waals surface area contributed by atoms with E-state index in [0.29, 0.717) is 23.1 Å². The van der Waals surface area contributed by atoms with E-state index in [-0.39, 0.29) is 51.3 Å². The van der Waals surface area contributed by atoms with Crippen molar-refractivity contribution in [2.24, 2.45) is 29.6 Å².